The van der Waals surface area contributed by atoms with Gasteiger partial charge in [0.25, 0.3) is 0 Å². The quantitative estimate of drug-likeness (QED) is 0.553. The number of carbonyl (C=O) groups excluding carboxylic acids is 1. The van der Waals surface area contributed by atoms with Crippen molar-refractivity contribution in [2.75, 3.05) is 0 Å². The molecule has 0 bridgehead atoms. The Bertz CT molecular complexity index is 531. The van der Waals surface area contributed by atoms with Gasteiger partial charge in [0.15, 0.2) is 5.78 Å². The number of Topliss-reactive ketones (excluding diaryl/α,β-unsaturated/α-hetero) is 1. The average molecular weight is 270 g/mol. The minimum atomic E-state index is 0.202. The van der Waals surface area contributed by atoms with Crippen molar-refractivity contribution in [2.24, 2.45) is 0 Å². The molecule has 0 radical (unpaired) electrons. The van der Waals surface area contributed by atoms with Crippen LogP contribution in [0.15, 0.2) is 59.5 Å². The summed E-state index contributed by atoms with van der Waals surface area (Å²) in [7, 11) is 0. The van der Waals surface area contributed by atoms with Crippen LogP contribution in [0.4, 0.5) is 0 Å². The largest absolute Gasteiger partial charge is 0.294 e. The van der Waals surface area contributed by atoms with Gasteiger partial charge in [-0.2, -0.15) is 0 Å². The predicted molar refractivity (Wildman–Crippen MR) is 81.8 cm³/mol. The van der Waals surface area contributed by atoms with Crippen LogP contribution < -0.4 is 0 Å². The summed E-state index contributed by atoms with van der Waals surface area (Å²) in [6.45, 7) is 4.09. The highest BCUT2D eigenvalue weighted by atomic mass is 32.2. The number of thioether (sulfide) groups is 1. The van der Waals surface area contributed by atoms with E-state index in [0.29, 0.717) is 11.7 Å². The maximum atomic E-state index is 11.6. The van der Waals surface area contributed by atoms with E-state index in [2.05, 4.69) is 31.2 Å². The van der Waals surface area contributed by atoms with Crippen LogP contribution in [-0.2, 0) is 0 Å². The van der Waals surface area contributed by atoms with Crippen molar-refractivity contribution in [1.29, 1.82) is 0 Å². The van der Waals surface area contributed by atoms with E-state index in [1.165, 1.54) is 10.5 Å². The molecule has 1 nitrogen and oxygen atoms in total. The summed E-state index contributed by atoms with van der Waals surface area (Å²) in [6.07, 6.45) is 0.562. The van der Waals surface area contributed by atoms with Crippen molar-refractivity contribution in [2.45, 2.75) is 30.4 Å². The Morgan fingerprint density at radius 1 is 1.05 bits per heavy atom. The first-order chi connectivity index (χ1) is 9.20. The Hall–Kier alpha value is -1.54. The van der Waals surface area contributed by atoms with Gasteiger partial charge in [-0.1, -0.05) is 49.4 Å². The zero-order chi connectivity index (χ0) is 13.7. The summed E-state index contributed by atoms with van der Waals surface area (Å²) < 4.78 is 0. The van der Waals surface area contributed by atoms with Crippen molar-refractivity contribution >= 4 is 17.5 Å². The fourth-order valence-electron chi connectivity index (χ4n) is 1.92. The molecule has 1 unspecified atom stereocenters. The summed E-state index contributed by atoms with van der Waals surface area (Å²) in [6, 6.07) is 18.4. The van der Waals surface area contributed by atoms with E-state index >= 15 is 0 Å². The SMILES string of the molecule is CCC(=O)c1ccc(SC(C)c2ccccc2)cc1. The lowest BCUT2D eigenvalue weighted by atomic mass is 10.1. The van der Waals surface area contributed by atoms with Crippen molar-refractivity contribution in [3.05, 3.63) is 65.7 Å². The second-order valence-electron chi connectivity index (χ2n) is 4.47. The molecule has 0 fully saturated rings. The van der Waals surface area contributed by atoms with Crippen molar-refractivity contribution in [3.8, 4) is 0 Å². The maximum absolute atomic E-state index is 11.6. The lowest BCUT2D eigenvalue weighted by molar-refractivity contribution is 0.0988. The summed E-state index contributed by atoms with van der Waals surface area (Å²) >= 11 is 1.81. The number of benzene rings is 2. The van der Waals surface area contributed by atoms with Crippen molar-refractivity contribution in [1.82, 2.24) is 0 Å². The maximum Gasteiger partial charge on any atom is 0.162 e. The molecular weight excluding hydrogens is 252 g/mol. The molecule has 1 atom stereocenters. The van der Waals surface area contributed by atoms with E-state index < -0.39 is 0 Å². The monoisotopic (exact) mass is 270 g/mol. The van der Waals surface area contributed by atoms with E-state index in [0.717, 1.165) is 5.56 Å². The highest BCUT2D eigenvalue weighted by Crippen LogP contribution is 2.34. The van der Waals surface area contributed by atoms with Gasteiger partial charge < -0.3 is 0 Å². The number of hydrogen-bond donors (Lipinski definition) is 0. The third kappa shape index (κ3) is 3.71. The van der Waals surface area contributed by atoms with Crippen LogP contribution in [0.2, 0.25) is 0 Å². The minimum absolute atomic E-state index is 0.202. The molecule has 0 N–H and O–H groups in total. The van der Waals surface area contributed by atoms with E-state index in [-0.39, 0.29) is 5.78 Å². The zero-order valence-corrected chi connectivity index (χ0v) is 12.1. The topological polar surface area (TPSA) is 17.1 Å². The zero-order valence-electron chi connectivity index (χ0n) is 11.3. The summed E-state index contributed by atoms with van der Waals surface area (Å²) in [5.41, 5.74) is 2.13. The van der Waals surface area contributed by atoms with Crippen LogP contribution >= 0.6 is 11.8 Å². The van der Waals surface area contributed by atoms with E-state index in [1.807, 2.05) is 49.0 Å². The summed E-state index contributed by atoms with van der Waals surface area (Å²) in [5.74, 6) is 0.202. The van der Waals surface area contributed by atoms with Gasteiger partial charge in [0.1, 0.15) is 0 Å². The van der Waals surface area contributed by atoms with Gasteiger partial charge in [0.2, 0.25) is 0 Å². The molecule has 0 amide bonds. The lowest BCUT2D eigenvalue weighted by Gasteiger charge is -2.11. The van der Waals surface area contributed by atoms with E-state index in [4.69, 9.17) is 0 Å². The molecule has 0 spiro atoms. The Labute approximate surface area is 119 Å². The number of rotatable bonds is 5. The predicted octanol–water partition coefficient (Wildman–Crippen LogP) is 5.13. The number of carbonyl (C=O) groups is 1. The lowest BCUT2D eigenvalue weighted by Crippen LogP contribution is -1.95. The molecule has 2 rings (SSSR count). The van der Waals surface area contributed by atoms with Crippen LogP contribution in [-0.4, -0.2) is 5.78 Å². The molecule has 0 aromatic heterocycles. The molecule has 0 aliphatic carbocycles. The van der Waals surface area contributed by atoms with Crippen LogP contribution in [0, 0.1) is 0 Å². The van der Waals surface area contributed by atoms with Crippen LogP contribution in [0.5, 0.6) is 0 Å². The standard InChI is InChI=1S/C17H18OS/c1-3-17(18)15-9-11-16(12-10-15)19-13(2)14-7-5-4-6-8-14/h4-13H,3H2,1-2H3. The van der Waals surface area contributed by atoms with Gasteiger partial charge in [-0.15, -0.1) is 11.8 Å². The first-order valence-corrected chi connectivity index (χ1v) is 7.43. The second kappa shape index (κ2) is 6.58. The van der Waals surface area contributed by atoms with Crippen LogP contribution in [0.3, 0.4) is 0 Å². The average Bonchev–Trinajstić information content (AvgIpc) is 2.48. The fraction of sp³-hybridized carbons (Fsp3) is 0.235. The fourth-order valence-corrected chi connectivity index (χ4v) is 2.91. The van der Waals surface area contributed by atoms with Gasteiger partial charge in [0.05, 0.1) is 0 Å². The minimum Gasteiger partial charge on any atom is -0.294 e. The molecule has 0 heterocycles. The molecule has 2 heteroatoms. The highest BCUT2D eigenvalue weighted by molar-refractivity contribution is 7.99. The molecule has 0 saturated heterocycles. The normalized spacial score (nSPS) is 12.1. The van der Waals surface area contributed by atoms with Gasteiger partial charge in [-0.05, 0) is 24.6 Å². The molecule has 19 heavy (non-hydrogen) atoms. The highest BCUT2D eigenvalue weighted by Gasteiger charge is 2.08. The van der Waals surface area contributed by atoms with Crippen molar-refractivity contribution in [3.63, 3.8) is 0 Å². The van der Waals surface area contributed by atoms with E-state index in [9.17, 15) is 4.79 Å². The molecule has 98 valence electrons. The molecule has 2 aromatic rings. The summed E-state index contributed by atoms with van der Waals surface area (Å²) in [5, 5.41) is 0.411. The first kappa shape index (κ1) is 13.9. The summed E-state index contributed by atoms with van der Waals surface area (Å²) in [4.78, 5) is 12.8. The molecule has 0 aliphatic rings. The molecular formula is C17H18OS. The Morgan fingerprint density at radius 2 is 1.68 bits per heavy atom. The van der Waals surface area contributed by atoms with Gasteiger partial charge >= 0.3 is 0 Å². The third-order valence-corrected chi connectivity index (χ3v) is 4.25. The molecule has 0 saturated carbocycles. The first-order valence-electron chi connectivity index (χ1n) is 6.55. The Morgan fingerprint density at radius 3 is 2.26 bits per heavy atom. The van der Waals surface area contributed by atoms with Gasteiger partial charge in [-0.25, -0.2) is 0 Å². The Balaban J connectivity index is 2.06. The number of hydrogen-bond acceptors (Lipinski definition) is 2. The van der Waals surface area contributed by atoms with Crippen LogP contribution in [0.1, 0.15) is 41.4 Å². The molecule has 0 aliphatic heterocycles. The van der Waals surface area contributed by atoms with Crippen molar-refractivity contribution < 1.29 is 4.79 Å². The molecule has 2 aromatic carbocycles. The smallest absolute Gasteiger partial charge is 0.162 e. The van der Waals surface area contributed by atoms with Gasteiger partial charge in [-0.3, -0.25) is 4.79 Å². The van der Waals surface area contributed by atoms with Gasteiger partial charge in [0, 0.05) is 22.1 Å². The number of ketones is 1. The second-order valence-corrected chi connectivity index (χ2v) is 5.89. The third-order valence-electron chi connectivity index (χ3n) is 3.08. The van der Waals surface area contributed by atoms with E-state index in [1.54, 1.807) is 0 Å². The van der Waals surface area contributed by atoms with Crippen LogP contribution in [0.25, 0.3) is 0 Å². The Kier molecular flexibility index (Phi) is 4.80.